The van der Waals surface area contributed by atoms with E-state index < -0.39 is 36.2 Å². The van der Waals surface area contributed by atoms with Crippen molar-refractivity contribution in [2.24, 2.45) is 0 Å². The summed E-state index contributed by atoms with van der Waals surface area (Å²) < 4.78 is 24.6. The molecule has 0 amide bonds. The molecule has 0 saturated carbocycles. The van der Waals surface area contributed by atoms with Crippen LogP contribution in [0.5, 0.6) is 0 Å². The van der Waals surface area contributed by atoms with Crippen LogP contribution in [-0.4, -0.2) is 35.7 Å². The van der Waals surface area contributed by atoms with Gasteiger partial charge in [-0.05, 0) is 30.5 Å². The van der Waals surface area contributed by atoms with Crippen molar-refractivity contribution in [1.82, 2.24) is 0 Å². The van der Waals surface area contributed by atoms with Crippen LogP contribution in [0.2, 0.25) is 0 Å². The molecule has 1 N–H and O–H groups in total. The Morgan fingerprint density at radius 3 is 1.58 bits per heavy atom. The van der Waals surface area contributed by atoms with Crippen molar-refractivity contribution in [3.8, 4) is 0 Å². The topological polar surface area (TPSA) is 57.2 Å². The lowest BCUT2D eigenvalue weighted by molar-refractivity contribution is -0.281. The van der Waals surface area contributed by atoms with Gasteiger partial charge >= 0.3 is 0 Å². The molecule has 2 fully saturated rings. The fourth-order valence-electron chi connectivity index (χ4n) is 4.53. The minimum atomic E-state index is -1.13. The van der Waals surface area contributed by atoms with Gasteiger partial charge in [0.05, 0.1) is 0 Å². The molecule has 0 spiro atoms. The van der Waals surface area contributed by atoms with Crippen molar-refractivity contribution >= 4 is 0 Å². The van der Waals surface area contributed by atoms with Crippen molar-refractivity contribution in [1.29, 1.82) is 0 Å². The molecule has 3 aromatic carbocycles. The van der Waals surface area contributed by atoms with Crippen molar-refractivity contribution in [3.05, 3.63) is 108 Å². The highest BCUT2D eigenvalue weighted by molar-refractivity contribution is 5.47. The van der Waals surface area contributed by atoms with Gasteiger partial charge in [-0.3, -0.25) is 0 Å². The number of aliphatic hydroxyl groups is 1. The summed E-state index contributed by atoms with van der Waals surface area (Å²) in [6.45, 7) is 3.65. The second-order valence-corrected chi connectivity index (χ2v) is 8.36. The smallest absolute Gasteiger partial charge is 0.191 e. The first-order chi connectivity index (χ1) is 15.0. The number of hydrogen-bond donors (Lipinski definition) is 1. The minimum absolute atomic E-state index is 0.555. The summed E-state index contributed by atoms with van der Waals surface area (Å²) in [4.78, 5) is 0. The van der Waals surface area contributed by atoms with E-state index in [2.05, 4.69) is 0 Å². The highest BCUT2D eigenvalue weighted by Crippen LogP contribution is 2.46. The minimum Gasteiger partial charge on any atom is -0.366 e. The van der Waals surface area contributed by atoms with E-state index in [1.165, 1.54) is 0 Å². The van der Waals surface area contributed by atoms with Gasteiger partial charge in [-0.15, -0.1) is 0 Å². The van der Waals surface area contributed by atoms with Gasteiger partial charge in [-0.2, -0.15) is 0 Å². The average Bonchev–Trinajstić information content (AvgIpc) is 3.27. The Hall–Kier alpha value is -2.54. The molecule has 2 aliphatic heterocycles. The molecule has 0 aromatic heterocycles. The van der Waals surface area contributed by atoms with Crippen molar-refractivity contribution in [2.75, 3.05) is 0 Å². The molecule has 2 saturated heterocycles. The third-order valence-electron chi connectivity index (χ3n) is 5.82. The Balaban J connectivity index is 1.66. The lowest BCUT2D eigenvalue weighted by Crippen LogP contribution is -2.42. The van der Waals surface area contributed by atoms with Gasteiger partial charge in [0.15, 0.2) is 18.4 Å². The molecular weight excluding hydrogens is 392 g/mol. The van der Waals surface area contributed by atoms with E-state index in [-0.39, 0.29) is 0 Å². The lowest BCUT2D eigenvalue weighted by atomic mass is 9.80. The van der Waals surface area contributed by atoms with Crippen molar-refractivity contribution in [2.45, 2.75) is 50.0 Å². The molecule has 5 heteroatoms. The maximum atomic E-state index is 10.5. The summed E-state index contributed by atoms with van der Waals surface area (Å²) in [5.74, 6) is -0.823. The van der Waals surface area contributed by atoms with Crippen LogP contribution in [0.25, 0.3) is 0 Å². The number of fused-ring (bicyclic) bond motifs is 1. The largest absolute Gasteiger partial charge is 0.366 e. The summed E-state index contributed by atoms with van der Waals surface area (Å²) in [6, 6.07) is 30.1. The number of hydrogen-bond acceptors (Lipinski definition) is 5. The normalized spacial score (nSPS) is 27.2. The van der Waals surface area contributed by atoms with E-state index >= 15 is 0 Å². The first kappa shape index (κ1) is 20.4. The van der Waals surface area contributed by atoms with Crippen LogP contribution in [0.3, 0.4) is 0 Å². The van der Waals surface area contributed by atoms with Crippen LogP contribution in [0.4, 0.5) is 0 Å². The molecule has 4 atom stereocenters. The first-order valence-corrected chi connectivity index (χ1v) is 10.5. The predicted molar refractivity (Wildman–Crippen MR) is 115 cm³/mol. The lowest BCUT2D eigenvalue weighted by Gasteiger charge is -2.38. The summed E-state index contributed by atoms with van der Waals surface area (Å²) in [7, 11) is 0. The fourth-order valence-corrected chi connectivity index (χ4v) is 4.53. The Kier molecular flexibility index (Phi) is 5.16. The van der Waals surface area contributed by atoms with Crippen LogP contribution in [0.15, 0.2) is 91.0 Å². The standard InChI is InChI=1S/C26H26O5/c1-25(2)29-21-22(30-25)24(28-23(21)27)31-26(18-12-6-3-7-13-18,19-14-8-4-9-15-19)20-16-10-5-11-17-20/h3-17,21-24,27H,1-2H3/t21-,22+,23?,24-/m1/s1. The zero-order valence-electron chi connectivity index (χ0n) is 17.5. The zero-order valence-corrected chi connectivity index (χ0v) is 17.5. The summed E-state index contributed by atoms with van der Waals surface area (Å²) >= 11 is 0. The predicted octanol–water partition coefficient (Wildman–Crippen LogP) is 4.19. The highest BCUT2D eigenvalue weighted by atomic mass is 16.8. The van der Waals surface area contributed by atoms with E-state index in [1.54, 1.807) is 0 Å². The van der Waals surface area contributed by atoms with Gasteiger partial charge < -0.3 is 24.1 Å². The summed E-state index contributed by atoms with van der Waals surface area (Å²) in [6.07, 6.45) is -3.13. The quantitative estimate of drug-likeness (QED) is 0.630. The fraction of sp³-hybridized carbons (Fsp3) is 0.308. The van der Waals surface area contributed by atoms with Gasteiger partial charge in [0.2, 0.25) is 0 Å². The number of rotatable bonds is 5. The molecule has 0 radical (unpaired) electrons. The Labute approximate surface area is 182 Å². The van der Waals surface area contributed by atoms with Gasteiger partial charge in [-0.1, -0.05) is 91.0 Å². The molecular formula is C26H26O5. The van der Waals surface area contributed by atoms with E-state index in [1.807, 2.05) is 105 Å². The number of benzene rings is 3. The van der Waals surface area contributed by atoms with Crippen LogP contribution >= 0.6 is 0 Å². The Bertz CT molecular complexity index is 909. The van der Waals surface area contributed by atoms with Crippen molar-refractivity contribution in [3.63, 3.8) is 0 Å². The first-order valence-electron chi connectivity index (χ1n) is 10.5. The SMILES string of the molecule is CC1(C)O[C@@H]2[C@@H](OC(c3ccccc3)(c3ccccc3)c3ccccc3)OC(O)[C@@H]2O1. The maximum absolute atomic E-state index is 10.5. The monoisotopic (exact) mass is 418 g/mol. The highest BCUT2D eigenvalue weighted by Gasteiger charge is 2.57. The van der Waals surface area contributed by atoms with Gasteiger partial charge in [0.1, 0.15) is 17.8 Å². The molecule has 3 aromatic rings. The zero-order chi connectivity index (χ0) is 21.5. The Morgan fingerprint density at radius 2 is 1.13 bits per heavy atom. The average molecular weight is 418 g/mol. The van der Waals surface area contributed by atoms with Crippen LogP contribution < -0.4 is 0 Å². The second-order valence-electron chi connectivity index (χ2n) is 8.36. The molecule has 5 rings (SSSR count). The summed E-state index contributed by atoms with van der Waals surface area (Å²) in [5.41, 5.74) is 1.88. The number of aliphatic hydroxyl groups excluding tert-OH is 1. The van der Waals surface area contributed by atoms with E-state index in [4.69, 9.17) is 18.9 Å². The third kappa shape index (κ3) is 3.59. The van der Waals surface area contributed by atoms with E-state index in [0.717, 1.165) is 16.7 Å². The van der Waals surface area contributed by atoms with Crippen molar-refractivity contribution < 1.29 is 24.1 Å². The van der Waals surface area contributed by atoms with Gasteiger partial charge in [0, 0.05) is 0 Å². The third-order valence-corrected chi connectivity index (χ3v) is 5.82. The molecule has 5 nitrogen and oxygen atoms in total. The van der Waals surface area contributed by atoms with Gasteiger partial charge in [-0.25, -0.2) is 0 Å². The molecule has 31 heavy (non-hydrogen) atoms. The van der Waals surface area contributed by atoms with E-state index in [9.17, 15) is 5.11 Å². The molecule has 2 heterocycles. The second kappa shape index (κ2) is 7.86. The van der Waals surface area contributed by atoms with E-state index in [0.29, 0.717) is 0 Å². The van der Waals surface area contributed by atoms with Crippen LogP contribution in [0, 0.1) is 0 Å². The molecule has 0 aliphatic carbocycles. The summed E-state index contributed by atoms with van der Waals surface area (Å²) in [5, 5.41) is 10.5. The molecule has 160 valence electrons. The molecule has 2 aliphatic rings. The van der Waals surface area contributed by atoms with Gasteiger partial charge in [0.25, 0.3) is 0 Å². The molecule has 0 bridgehead atoms. The Morgan fingerprint density at radius 1 is 0.710 bits per heavy atom. The van der Waals surface area contributed by atoms with Crippen LogP contribution in [-0.2, 0) is 24.5 Å². The number of ether oxygens (including phenoxy) is 4. The molecule has 1 unspecified atom stereocenters. The van der Waals surface area contributed by atoms with Crippen LogP contribution in [0.1, 0.15) is 30.5 Å². The maximum Gasteiger partial charge on any atom is 0.191 e.